The fourth-order valence-corrected chi connectivity index (χ4v) is 0.888. The van der Waals surface area contributed by atoms with Gasteiger partial charge in [0.25, 0.3) is 6.43 Å². The molecule has 0 unspecified atom stereocenters. The molecule has 84 valence electrons. The summed E-state index contributed by atoms with van der Waals surface area (Å²) in [4.78, 5) is 2.60. The normalized spacial score (nSPS) is 12.1. The summed E-state index contributed by atoms with van der Waals surface area (Å²) in [5, 5.41) is 8.89. The largest absolute Gasteiger partial charge is 0.504 e. The smallest absolute Gasteiger partial charge is 0.437 e. The summed E-state index contributed by atoms with van der Waals surface area (Å²) in [5.41, 5.74) is 1.21. The minimum absolute atomic E-state index is 0.495. The quantitative estimate of drug-likeness (QED) is 0.725. The van der Waals surface area contributed by atoms with E-state index in [1.54, 1.807) is 0 Å². The van der Waals surface area contributed by atoms with Crippen LogP contribution in [0.25, 0.3) is 0 Å². The molecule has 0 bridgehead atoms. The first-order valence-corrected chi connectivity index (χ1v) is 3.58. The molecule has 0 fully saturated rings. The van der Waals surface area contributed by atoms with Crippen LogP contribution < -0.4 is 5.73 Å². The summed E-state index contributed by atoms with van der Waals surface area (Å²) < 4.78 is 60.6. The van der Waals surface area contributed by atoms with Gasteiger partial charge in [0, 0.05) is 0 Å². The summed E-state index contributed by atoms with van der Waals surface area (Å²) in [5.74, 6) is -1.34. The Morgan fingerprint density at radius 3 is 2.27 bits per heavy atom. The molecule has 15 heavy (non-hydrogen) atoms. The number of hydrogen-bond donors (Lipinski definition) is 2. The van der Waals surface area contributed by atoms with Gasteiger partial charge in [-0.2, -0.15) is 13.2 Å². The van der Waals surface area contributed by atoms with E-state index >= 15 is 0 Å². The number of hydrogen-bond acceptors (Lipinski definition) is 3. The topological polar surface area (TPSA) is 59.1 Å². The maximum absolute atomic E-state index is 12.1. The zero-order valence-corrected chi connectivity index (χ0v) is 7.02. The van der Waals surface area contributed by atoms with E-state index in [0.29, 0.717) is 6.07 Å². The maximum Gasteiger partial charge on any atom is 0.437 e. The highest BCUT2D eigenvalue weighted by Crippen LogP contribution is 2.38. The predicted molar refractivity (Wildman–Crippen MR) is 40.3 cm³/mol. The van der Waals surface area contributed by atoms with E-state index in [1.165, 1.54) is 0 Å². The van der Waals surface area contributed by atoms with Crippen molar-refractivity contribution >= 4 is 5.69 Å². The monoisotopic (exact) mass is 228 g/mol. The van der Waals surface area contributed by atoms with Crippen LogP contribution in [0.4, 0.5) is 27.6 Å². The van der Waals surface area contributed by atoms with Crippen molar-refractivity contribution in [1.29, 1.82) is 0 Å². The number of halogens is 5. The van der Waals surface area contributed by atoms with Gasteiger partial charge in [-0.05, 0) is 6.07 Å². The number of aromatic nitrogens is 1. The summed E-state index contributed by atoms with van der Waals surface area (Å²) in [6, 6.07) is 0.495. The van der Waals surface area contributed by atoms with Crippen molar-refractivity contribution in [2.24, 2.45) is 0 Å². The molecule has 0 aliphatic rings. The van der Waals surface area contributed by atoms with Crippen molar-refractivity contribution in [1.82, 2.24) is 4.98 Å². The number of alkyl halides is 5. The number of aromatic hydroxyl groups is 1. The second kappa shape index (κ2) is 3.52. The predicted octanol–water partition coefficient (Wildman–Crippen LogP) is 2.33. The van der Waals surface area contributed by atoms with Crippen molar-refractivity contribution in [2.75, 3.05) is 5.73 Å². The van der Waals surface area contributed by atoms with Crippen LogP contribution in [0.3, 0.4) is 0 Å². The highest BCUT2D eigenvalue weighted by molar-refractivity contribution is 5.55. The zero-order chi connectivity index (χ0) is 11.8. The first kappa shape index (κ1) is 11.5. The van der Waals surface area contributed by atoms with Gasteiger partial charge in [-0.3, -0.25) is 0 Å². The van der Waals surface area contributed by atoms with Crippen LogP contribution in [-0.2, 0) is 6.18 Å². The van der Waals surface area contributed by atoms with Crippen LogP contribution >= 0.6 is 0 Å². The van der Waals surface area contributed by atoms with Gasteiger partial charge in [0.2, 0.25) is 0 Å². The lowest BCUT2D eigenvalue weighted by Crippen LogP contribution is -2.11. The Hall–Kier alpha value is -1.60. The number of nitrogen functional groups attached to an aromatic ring is 1. The Bertz CT molecular complexity index is 376. The summed E-state index contributed by atoms with van der Waals surface area (Å²) in [6.07, 6.45) is -8.21. The van der Waals surface area contributed by atoms with Crippen molar-refractivity contribution in [2.45, 2.75) is 12.6 Å². The van der Waals surface area contributed by atoms with Crippen LogP contribution in [0.15, 0.2) is 6.07 Å². The molecule has 0 saturated carbocycles. The number of rotatable bonds is 1. The van der Waals surface area contributed by atoms with Gasteiger partial charge in [0.15, 0.2) is 11.4 Å². The molecule has 0 amide bonds. The van der Waals surface area contributed by atoms with Gasteiger partial charge >= 0.3 is 6.18 Å². The second-order valence-electron chi connectivity index (χ2n) is 2.63. The molecular formula is C7H5F5N2O. The minimum Gasteiger partial charge on any atom is -0.504 e. The third-order valence-electron chi connectivity index (χ3n) is 1.53. The van der Waals surface area contributed by atoms with Crippen LogP contribution in [0.5, 0.6) is 5.75 Å². The first-order valence-electron chi connectivity index (χ1n) is 3.58. The summed E-state index contributed by atoms with van der Waals surface area (Å²) in [7, 11) is 0. The number of anilines is 1. The van der Waals surface area contributed by atoms with Crippen molar-refractivity contribution in [3.05, 3.63) is 17.5 Å². The van der Waals surface area contributed by atoms with Crippen LogP contribution in [0.1, 0.15) is 17.8 Å². The van der Waals surface area contributed by atoms with E-state index in [-0.39, 0.29) is 0 Å². The number of pyridine rings is 1. The van der Waals surface area contributed by atoms with Gasteiger partial charge in [0.05, 0.1) is 5.69 Å². The standard InChI is InChI=1S/C7H5F5N2O/c8-6(9)3-1-2(13)4(15)5(14-3)7(10,11)12/h1,6,15H,(H2,13,14). The molecule has 0 radical (unpaired) electrons. The van der Waals surface area contributed by atoms with Crippen LogP contribution in [0, 0.1) is 0 Å². The van der Waals surface area contributed by atoms with E-state index in [1.807, 2.05) is 0 Å². The fraction of sp³-hybridized carbons (Fsp3) is 0.286. The van der Waals surface area contributed by atoms with E-state index in [9.17, 15) is 22.0 Å². The Labute approximate surface area is 80.3 Å². The lowest BCUT2D eigenvalue weighted by Gasteiger charge is -2.11. The molecule has 0 saturated heterocycles. The Morgan fingerprint density at radius 2 is 1.87 bits per heavy atom. The number of nitrogens with zero attached hydrogens (tertiary/aromatic N) is 1. The van der Waals surface area contributed by atoms with Gasteiger partial charge in [-0.1, -0.05) is 0 Å². The van der Waals surface area contributed by atoms with Crippen LogP contribution in [-0.4, -0.2) is 10.1 Å². The molecule has 0 spiro atoms. The van der Waals surface area contributed by atoms with E-state index in [4.69, 9.17) is 10.8 Å². The molecule has 0 aliphatic carbocycles. The molecule has 0 atom stereocenters. The van der Waals surface area contributed by atoms with E-state index in [2.05, 4.69) is 4.98 Å². The Balaban J connectivity index is 3.38. The maximum atomic E-state index is 12.1. The van der Waals surface area contributed by atoms with Gasteiger partial charge in [-0.25, -0.2) is 13.8 Å². The van der Waals surface area contributed by atoms with E-state index < -0.39 is 35.4 Å². The lowest BCUT2D eigenvalue weighted by molar-refractivity contribution is -0.142. The highest BCUT2D eigenvalue weighted by Gasteiger charge is 2.37. The Kier molecular flexibility index (Phi) is 2.69. The van der Waals surface area contributed by atoms with Crippen LogP contribution in [0.2, 0.25) is 0 Å². The molecular weight excluding hydrogens is 223 g/mol. The van der Waals surface area contributed by atoms with Gasteiger partial charge in [0.1, 0.15) is 5.69 Å². The van der Waals surface area contributed by atoms with Crippen molar-refractivity contribution in [3.63, 3.8) is 0 Å². The average molecular weight is 228 g/mol. The SMILES string of the molecule is Nc1cc(C(F)F)nc(C(F)(F)F)c1O. The molecule has 3 N–H and O–H groups in total. The zero-order valence-electron chi connectivity index (χ0n) is 7.02. The van der Waals surface area contributed by atoms with Crippen molar-refractivity contribution in [3.8, 4) is 5.75 Å². The molecule has 3 nitrogen and oxygen atoms in total. The van der Waals surface area contributed by atoms with Crippen molar-refractivity contribution < 1.29 is 27.1 Å². The summed E-state index contributed by atoms with van der Waals surface area (Å²) in [6.45, 7) is 0. The molecule has 8 heteroatoms. The second-order valence-corrected chi connectivity index (χ2v) is 2.63. The molecule has 0 aliphatic heterocycles. The molecule has 1 heterocycles. The highest BCUT2D eigenvalue weighted by atomic mass is 19.4. The minimum atomic E-state index is -5.02. The third-order valence-corrected chi connectivity index (χ3v) is 1.53. The first-order chi connectivity index (χ1) is 6.73. The van der Waals surface area contributed by atoms with Gasteiger partial charge < -0.3 is 10.8 Å². The molecule has 1 aromatic heterocycles. The molecule has 0 aromatic carbocycles. The summed E-state index contributed by atoms with van der Waals surface area (Å²) >= 11 is 0. The average Bonchev–Trinajstić information content (AvgIpc) is 2.06. The number of nitrogens with two attached hydrogens (primary N) is 1. The van der Waals surface area contributed by atoms with E-state index in [0.717, 1.165) is 0 Å². The molecule has 1 rings (SSSR count). The Morgan fingerprint density at radius 1 is 1.33 bits per heavy atom. The fourth-order valence-electron chi connectivity index (χ4n) is 0.888. The third kappa shape index (κ3) is 2.25. The lowest BCUT2D eigenvalue weighted by atomic mass is 10.2. The molecule has 1 aromatic rings. The van der Waals surface area contributed by atoms with Gasteiger partial charge in [-0.15, -0.1) is 0 Å².